The van der Waals surface area contributed by atoms with Gasteiger partial charge in [-0.1, -0.05) is 26.2 Å². The van der Waals surface area contributed by atoms with Crippen molar-refractivity contribution in [1.82, 2.24) is 20.4 Å². The first-order valence-corrected chi connectivity index (χ1v) is 9.19. The van der Waals surface area contributed by atoms with Gasteiger partial charge in [0.25, 0.3) is 0 Å². The highest BCUT2D eigenvalue weighted by Crippen LogP contribution is 2.18. The lowest BCUT2D eigenvalue weighted by molar-refractivity contribution is -0.139. The van der Waals surface area contributed by atoms with E-state index in [0.717, 1.165) is 12.8 Å². The molecule has 0 aromatic heterocycles. The molecule has 0 bridgehead atoms. The van der Waals surface area contributed by atoms with Gasteiger partial charge < -0.3 is 25.5 Å². The molecule has 2 atom stereocenters. The standard InChI is InChI=1S/C17H32N4O3/c1-13(15(22)12-18-2)16(23)20-8-10-21(11-9-20)17(24)19-14-6-4-3-5-7-14/h13-15,18,22H,3-12H2,1-2H3,(H,19,24). The number of amides is 3. The highest BCUT2D eigenvalue weighted by Gasteiger charge is 2.30. The summed E-state index contributed by atoms with van der Waals surface area (Å²) in [6.07, 6.45) is 5.12. The van der Waals surface area contributed by atoms with Crippen molar-refractivity contribution in [3.8, 4) is 0 Å². The van der Waals surface area contributed by atoms with Crippen LogP contribution in [0.3, 0.4) is 0 Å². The SMILES string of the molecule is CNCC(O)C(C)C(=O)N1CCN(C(=O)NC2CCCCC2)CC1. The number of nitrogens with zero attached hydrogens (tertiary/aromatic N) is 2. The summed E-state index contributed by atoms with van der Waals surface area (Å²) in [4.78, 5) is 28.3. The molecule has 1 saturated carbocycles. The fourth-order valence-corrected chi connectivity index (χ4v) is 3.48. The first-order chi connectivity index (χ1) is 11.5. The molecule has 2 rings (SSSR count). The Labute approximate surface area is 144 Å². The maximum absolute atomic E-state index is 12.4. The van der Waals surface area contributed by atoms with Crippen LogP contribution in [0.2, 0.25) is 0 Å². The summed E-state index contributed by atoms with van der Waals surface area (Å²) in [5, 5.41) is 16.0. The van der Waals surface area contributed by atoms with E-state index in [1.54, 1.807) is 23.8 Å². The summed E-state index contributed by atoms with van der Waals surface area (Å²) in [5.41, 5.74) is 0. The monoisotopic (exact) mass is 340 g/mol. The van der Waals surface area contributed by atoms with E-state index in [1.165, 1.54) is 19.3 Å². The van der Waals surface area contributed by atoms with E-state index in [9.17, 15) is 14.7 Å². The molecule has 7 nitrogen and oxygen atoms in total. The minimum absolute atomic E-state index is 0.00253. The number of likely N-dealkylation sites (N-methyl/N-ethyl adjacent to an activating group) is 1. The number of rotatable bonds is 5. The largest absolute Gasteiger partial charge is 0.391 e. The second-order valence-corrected chi connectivity index (χ2v) is 7.01. The van der Waals surface area contributed by atoms with E-state index >= 15 is 0 Å². The maximum Gasteiger partial charge on any atom is 0.317 e. The molecule has 24 heavy (non-hydrogen) atoms. The van der Waals surface area contributed by atoms with Gasteiger partial charge in [-0.15, -0.1) is 0 Å². The fourth-order valence-electron chi connectivity index (χ4n) is 3.48. The molecule has 0 radical (unpaired) electrons. The zero-order valence-electron chi connectivity index (χ0n) is 15.0. The summed E-state index contributed by atoms with van der Waals surface area (Å²) < 4.78 is 0. The molecule has 1 aliphatic carbocycles. The van der Waals surface area contributed by atoms with Gasteiger partial charge in [0.1, 0.15) is 0 Å². The summed E-state index contributed by atoms with van der Waals surface area (Å²) in [6, 6.07) is 0.305. The van der Waals surface area contributed by atoms with E-state index in [1.807, 2.05) is 0 Å². The van der Waals surface area contributed by atoms with Gasteiger partial charge in [0.15, 0.2) is 0 Å². The Hall–Kier alpha value is -1.34. The molecule has 2 unspecified atom stereocenters. The van der Waals surface area contributed by atoms with E-state index in [2.05, 4.69) is 10.6 Å². The van der Waals surface area contributed by atoms with Crippen molar-refractivity contribution < 1.29 is 14.7 Å². The number of carbonyl (C=O) groups excluding carboxylic acids is 2. The van der Waals surface area contributed by atoms with Crippen molar-refractivity contribution in [2.75, 3.05) is 39.8 Å². The lowest BCUT2D eigenvalue weighted by Gasteiger charge is -2.37. The Kier molecular flexibility index (Phi) is 7.30. The predicted molar refractivity (Wildman–Crippen MR) is 92.7 cm³/mol. The van der Waals surface area contributed by atoms with Crippen LogP contribution in [-0.4, -0.2) is 78.8 Å². The van der Waals surface area contributed by atoms with Gasteiger partial charge in [-0.2, -0.15) is 0 Å². The van der Waals surface area contributed by atoms with Crippen LogP contribution in [0.4, 0.5) is 4.79 Å². The van der Waals surface area contributed by atoms with Gasteiger partial charge in [-0.3, -0.25) is 4.79 Å². The van der Waals surface area contributed by atoms with Crippen LogP contribution >= 0.6 is 0 Å². The van der Waals surface area contributed by atoms with Crippen LogP contribution in [0.5, 0.6) is 0 Å². The van der Waals surface area contributed by atoms with Crippen molar-refractivity contribution in [1.29, 1.82) is 0 Å². The Morgan fingerprint density at radius 2 is 1.67 bits per heavy atom. The van der Waals surface area contributed by atoms with Crippen LogP contribution < -0.4 is 10.6 Å². The predicted octanol–water partition coefficient (Wildman–Crippen LogP) is 0.389. The number of carbonyl (C=O) groups is 2. The Morgan fingerprint density at radius 1 is 1.08 bits per heavy atom. The first kappa shape index (κ1) is 19.0. The molecule has 138 valence electrons. The van der Waals surface area contributed by atoms with Gasteiger partial charge >= 0.3 is 6.03 Å². The average Bonchev–Trinajstić information content (AvgIpc) is 2.61. The Bertz CT molecular complexity index is 418. The van der Waals surface area contributed by atoms with Gasteiger partial charge in [-0.25, -0.2) is 4.79 Å². The lowest BCUT2D eigenvalue weighted by Crippen LogP contribution is -2.56. The molecule has 1 saturated heterocycles. The number of hydrogen-bond acceptors (Lipinski definition) is 4. The fraction of sp³-hybridized carbons (Fsp3) is 0.882. The Balaban J connectivity index is 1.75. The molecule has 0 aromatic rings. The molecule has 3 amide bonds. The van der Waals surface area contributed by atoms with Crippen molar-refractivity contribution in [3.05, 3.63) is 0 Å². The number of aliphatic hydroxyl groups excluding tert-OH is 1. The zero-order chi connectivity index (χ0) is 17.5. The van der Waals surface area contributed by atoms with Crippen molar-refractivity contribution in [3.63, 3.8) is 0 Å². The molecular weight excluding hydrogens is 308 g/mol. The van der Waals surface area contributed by atoms with Crippen molar-refractivity contribution in [2.24, 2.45) is 5.92 Å². The molecule has 2 aliphatic rings. The summed E-state index contributed by atoms with van der Waals surface area (Å²) in [5.74, 6) is -0.467. The molecule has 0 aromatic carbocycles. The summed E-state index contributed by atoms with van der Waals surface area (Å²) >= 11 is 0. The van der Waals surface area contributed by atoms with Crippen molar-refractivity contribution in [2.45, 2.75) is 51.2 Å². The van der Waals surface area contributed by atoms with E-state index < -0.39 is 12.0 Å². The third-order valence-corrected chi connectivity index (χ3v) is 5.19. The second kappa shape index (κ2) is 9.22. The molecule has 0 spiro atoms. The number of aliphatic hydroxyl groups is 1. The molecular formula is C17H32N4O3. The lowest BCUT2D eigenvalue weighted by atomic mass is 9.96. The molecule has 1 aliphatic heterocycles. The quantitative estimate of drug-likeness (QED) is 0.676. The summed E-state index contributed by atoms with van der Waals surface area (Å²) in [7, 11) is 1.75. The van der Waals surface area contributed by atoms with Crippen molar-refractivity contribution >= 4 is 11.9 Å². The van der Waals surface area contributed by atoms with E-state index in [-0.39, 0.29) is 11.9 Å². The normalized spacial score (nSPS) is 22.1. The average molecular weight is 340 g/mol. The third kappa shape index (κ3) is 5.08. The van der Waals surface area contributed by atoms with E-state index in [4.69, 9.17) is 0 Å². The van der Waals surface area contributed by atoms with Crippen LogP contribution in [0.15, 0.2) is 0 Å². The highest BCUT2D eigenvalue weighted by molar-refractivity contribution is 5.80. The highest BCUT2D eigenvalue weighted by atomic mass is 16.3. The number of urea groups is 1. The maximum atomic E-state index is 12.4. The molecule has 2 fully saturated rings. The molecule has 7 heteroatoms. The van der Waals surface area contributed by atoms with Crippen LogP contribution in [0, 0.1) is 5.92 Å². The second-order valence-electron chi connectivity index (χ2n) is 7.01. The minimum atomic E-state index is -0.685. The topological polar surface area (TPSA) is 84.9 Å². The third-order valence-electron chi connectivity index (χ3n) is 5.19. The summed E-state index contributed by atoms with van der Waals surface area (Å²) in [6.45, 7) is 4.34. The number of hydrogen-bond donors (Lipinski definition) is 3. The van der Waals surface area contributed by atoms with Crippen LogP contribution in [0.25, 0.3) is 0 Å². The number of piperazine rings is 1. The van der Waals surface area contributed by atoms with Gasteiger partial charge in [-0.05, 0) is 19.9 Å². The smallest absolute Gasteiger partial charge is 0.317 e. The zero-order valence-corrected chi connectivity index (χ0v) is 15.0. The van der Waals surface area contributed by atoms with Gasteiger partial charge in [0.05, 0.1) is 12.0 Å². The van der Waals surface area contributed by atoms with Gasteiger partial charge in [0.2, 0.25) is 5.91 Å². The number of nitrogens with one attached hydrogen (secondary N) is 2. The van der Waals surface area contributed by atoms with Crippen LogP contribution in [-0.2, 0) is 4.79 Å². The molecule has 3 N–H and O–H groups in total. The first-order valence-electron chi connectivity index (χ1n) is 9.19. The van der Waals surface area contributed by atoms with E-state index in [0.29, 0.717) is 38.8 Å². The minimum Gasteiger partial charge on any atom is -0.391 e. The van der Waals surface area contributed by atoms with Crippen LogP contribution in [0.1, 0.15) is 39.0 Å². The molecule has 1 heterocycles. The Morgan fingerprint density at radius 3 is 2.25 bits per heavy atom. The van der Waals surface area contributed by atoms with Gasteiger partial charge in [0, 0.05) is 38.8 Å².